The Hall–Kier alpha value is -2.57. The summed E-state index contributed by atoms with van der Waals surface area (Å²) >= 11 is 0. The standard InChI is InChI=1S/C18H22N6O/c1-12-7-22-15(8-21-12)18(25)24-10-13-3-4-16(14(13)11-24)23(2)17-9-19-5-6-20-17/h5-9,13-14,16H,3-4,10-11H2,1-2H3/t13-,14+,16+/m1/s1. The Morgan fingerprint density at radius 1 is 1.12 bits per heavy atom. The van der Waals surface area contributed by atoms with Gasteiger partial charge in [0, 0.05) is 50.7 Å². The summed E-state index contributed by atoms with van der Waals surface area (Å²) in [7, 11) is 2.08. The lowest BCUT2D eigenvalue weighted by Crippen LogP contribution is -2.39. The summed E-state index contributed by atoms with van der Waals surface area (Å²) in [5.74, 6) is 1.89. The Morgan fingerprint density at radius 2 is 2.00 bits per heavy atom. The molecular formula is C18H22N6O. The summed E-state index contributed by atoms with van der Waals surface area (Å²) in [6.07, 6.45) is 10.7. The molecule has 7 heteroatoms. The van der Waals surface area contributed by atoms with Crippen LogP contribution >= 0.6 is 0 Å². The zero-order valence-corrected chi connectivity index (χ0v) is 14.5. The van der Waals surface area contributed by atoms with Crippen LogP contribution in [0.2, 0.25) is 0 Å². The van der Waals surface area contributed by atoms with Crippen LogP contribution in [-0.4, -0.2) is 56.9 Å². The summed E-state index contributed by atoms with van der Waals surface area (Å²) in [5, 5.41) is 0. The van der Waals surface area contributed by atoms with Crippen molar-refractivity contribution in [3.63, 3.8) is 0 Å². The third kappa shape index (κ3) is 2.94. The van der Waals surface area contributed by atoms with Gasteiger partial charge in [-0.25, -0.2) is 9.97 Å². The van der Waals surface area contributed by atoms with Crippen molar-refractivity contribution in [2.75, 3.05) is 25.0 Å². The van der Waals surface area contributed by atoms with Crippen LogP contribution in [0.3, 0.4) is 0 Å². The van der Waals surface area contributed by atoms with Crippen LogP contribution in [-0.2, 0) is 0 Å². The minimum atomic E-state index is -0.0113. The van der Waals surface area contributed by atoms with E-state index in [0.29, 0.717) is 23.6 Å². The second-order valence-corrected chi connectivity index (χ2v) is 7.00. The predicted molar refractivity (Wildman–Crippen MR) is 93.1 cm³/mol. The van der Waals surface area contributed by atoms with E-state index in [1.165, 1.54) is 0 Å². The lowest BCUT2D eigenvalue weighted by atomic mass is 9.97. The summed E-state index contributed by atoms with van der Waals surface area (Å²) in [6, 6.07) is 0.392. The number of nitrogens with zero attached hydrogens (tertiary/aromatic N) is 6. The molecule has 1 aliphatic heterocycles. The second kappa shape index (κ2) is 6.38. The first-order valence-corrected chi connectivity index (χ1v) is 8.70. The number of aromatic nitrogens is 4. The Bertz CT molecular complexity index is 750. The first kappa shape index (κ1) is 15.9. The van der Waals surface area contributed by atoms with Crippen molar-refractivity contribution in [3.05, 3.63) is 42.4 Å². The number of anilines is 1. The van der Waals surface area contributed by atoms with Crippen molar-refractivity contribution >= 4 is 11.7 Å². The van der Waals surface area contributed by atoms with Gasteiger partial charge in [0.05, 0.1) is 18.1 Å². The number of hydrogen-bond donors (Lipinski definition) is 0. The van der Waals surface area contributed by atoms with Gasteiger partial charge < -0.3 is 9.80 Å². The van der Waals surface area contributed by atoms with Crippen molar-refractivity contribution in [2.45, 2.75) is 25.8 Å². The number of likely N-dealkylation sites (tertiary alicyclic amines) is 1. The molecule has 130 valence electrons. The number of hydrogen-bond acceptors (Lipinski definition) is 6. The number of aryl methyl sites for hydroxylation is 1. The molecular weight excluding hydrogens is 316 g/mol. The van der Waals surface area contributed by atoms with Crippen molar-refractivity contribution in [1.29, 1.82) is 0 Å². The van der Waals surface area contributed by atoms with Gasteiger partial charge in [0.25, 0.3) is 5.91 Å². The minimum absolute atomic E-state index is 0.0113. The van der Waals surface area contributed by atoms with Crippen molar-refractivity contribution in [2.24, 2.45) is 11.8 Å². The van der Waals surface area contributed by atoms with Gasteiger partial charge in [0.2, 0.25) is 0 Å². The van der Waals surface area contributed by atoms with Gasteiger partial charge in [0.15, 0.2) is 0 Å². The smallest absolute Gasteiger partial charge is 0.274 e. The largest absolute Gasteiger partial charge is 0.355 e. The second-order valence-electron chi connectivity index (χ2n) is 7.00. The van der Waals surface area contributed by atoms with Crippen LogP contribution in [0.1, 0.15) is 29.0 Å². The topological polar surface area (TPSA) is 75.1 Å². The van der Waals surface area contributed by atoms with E-state index >= 15 is 0 Å². The fourth-order valence-electron chi connectivity index (χ4n) is 4.19. The predicted octanol–water partition coefficient (Wildman–Crippen LogP) is 1.56. The lowest BCUT2D eigenvalue weighted by Gasteiger charge is -2.30. The minimum Gasteiger partial charge on any atom is -0.355 e. The van der Waals surface area contributed by atoms with E-state index in [2.05, 4.69) is 31.9 Å². The average Bonchev–Trinajstić information content (AvgIpc) is 3.22. The molecule has 0 bridgehead atoms. The Labute approximate surface area is 147 Å². The molecule has 4 rings (SSSR count). The Balaban J connectivity index is 1.48. The summed E-state index contributed by atoms with van der Waals surface area (Å²) in [4.78, 5) is 33.9. The molecule has 0 N–H and O–H groups in total. The van der Waals surface area contributed by atoms with Crippen LogP contribution in [0.15, 0.2) is 31.0 Å². The number of carbonyl (C=O) groups excluding carboxylic acids is 1. The van der Waals surface area contributed by atoms with Crippen LogP contribution in [0, 0.1) is 18.8 Å². The fraction of sp³-hybridized carbons (Fsp3) is 0.500. The van der Waals surface area contributed by atoms with Gasteiger partial charge in [-0.3, -0.25) is 14.8 Å². The van der Waals surface area contributed by atoms with Crippen molar-refractivity contribution < 1.29 is 4.79 Å². The molecule has 1 saturated heterocycles. The molecule has 0 unspecified atom stereocenters. The molecule has 0 spiro atoms. The summed E-state index contributed by atoms with van der Waals surface area (Å²) < 4.78 is 0. The molecule has 25 heavy (non-hydrogen) atoms. The molecule has 7 nitrogen and oxygen atoms in total. The molecule has 1 amide bonds. The van der Waals surface area contributed by atoms with Gasteiger partial charge in [-0.1, -0.05) is 0 Å². The molecule has 3 heterocycles. The molecule has 0 radical (unpaired) electrons. The van der Waals surface area contributed by atoms with Gasteiger partial charge in [-0.2, -0.15) is 0 Å². The normalized spacial score (nSPS) is 25.0. The lowest BCUT2D eigenvalue weighted by molar-refractivity contribution is 0.0773. The maximum atomic E-state index is 12.7. The Morgan fingerprint density at radius 3 is 2.72 bits per heavy atom. The van der Waals surface area contributed by atoms with Gasteiger partial charge in [-0.15, -0.1) is 0 Å². The average molecular weight is 338 g/mol. The van der Waals surface area contributed by atoms with Crippen LogP contribution in [0.5, 0.6) is 0 Å². The molecule has 1 saturated carbocycles. The highest BCUT2D eigenvalue weighted by atomic mass is 16.2. The zero-order chi connectivity index (χ0) is 17.4. The number of carbonyl (C=O) groups is 1. The quantitative estimate of drug-likeness (QED) is 0.845. The Kier molecular flexibility index (Phi) is 4.07. The molecule has 0 aromatic carbocycles. The number of fused-ring (bicyclic) bond motifs is 1. The van der Waals surface area contributed by atoms with E-state index < -0.39 is 0 Å². The monoisotopic (exact) mass is 338 g/mol. The van der Waals surface area contributed by atoms with Gasteiger partial charge in [-0.05, 0) is 25.7 Å². The highest BCUT2D eigenvalue weighted by molar-refractivity contribution is 5.92. The van der Waals surface area contributed by atoms with E-state index in [-0.39, 0.29) is 5.91 Å². The van der Waals surface area contributed by atoms with E-state index in [9.17, 15) is 4.79 Å². The molecule has 2 aromatic rings. The third-order valence-corrected chi connectivity index (χ3v) is 5.51. The van der Waals surface area contributed by atoms with E-state index in [1.54, 1.807) is 31.0 Å². The van der Waals surface area contributed by atoms with Crippen molar-refractivity contribution in [3.8, 4) is 0 Å². The molecule has 1 aliphatic carbocycles. The first-order chi connectivity index (χ1) is 12.1. The molecule has 2 aromatic heterocycles. The van der Waals surface area contributed by atoms with E-state index in [1.807, 2.05) is 11.8 Å². The highest BCUT2D eigenvalue weighted by Crippen LogP contribution is 2.41. The van der Waals surface area contributed by atoms with Crippen LogP contribution < -0.4 is 4.90 Å². The van der Waals surface area contributed by atoms with Crippen molar-refractivity contribution in [1.82, 2.24) is 24.8 Å². The van der Waals surface area contributed by atoms with Crippen LogP contribution in [0.25, 0.3) is 0 Å². The fourth-order valence-corrected chi connectivity index (χ4v) is 4.19. The van der Waals surface area contributed by atoms with E-state index in [4.69, 9.17) is 0 Å². The maximum Gasteiger partial charge on any atom is 0.274 e. The molecule has 2 aliphatic rings. The summed E-state index contributed by atoms with van der Waals surface area (Å²) in [5.41, 5.74) is 1.25. The van der Waals surface area contributed by atoms with E-state index in [0.717, 1.165) is 37.4 Å². The molecule has 3 atom stereocenters. The van der Waals surface area contributed by atoms with Gasteiger partial charge >= 0.3 is 0 Å². The maximum absolute atomic E-state index is 12.7. The molecule has 2 fully saturated rings. The number of rotatable bonds is 3. The first-order valence-electron chi connectivity index (χ1n) is 8.70. The number of amides is 1. The third-order valence-electron chi connectivity index (χ3n) is 5.51. The highest BCUT2D eigenvalue weighted by Gasteiger charge is 2.46. The zero-order valence-electron chi connectivity index (χ0n) is 14.5. The summed E-state index contributed by atoms with van der Waals surface area (Å²) in [6.45, 7) is 3.45. The van der Waals surface area contributed by atoms with Gasteiger partial charge in [0.1, 0.15) is 11.5 Å². The van der Waals surface area contributed by atoms with Crippen LogP contribution in [0.4, 0.5) is 5.82 Å². The SMILES string of the molecule is Cc1cnc(C(=O)N2C[C@H]3CC[C@H](N(C)c4cnccn4)[C@H]3C2)cn1.